The molecule has 0 bridgehead atoms. The standard InChI is InChI=1S/C12H21N3O6/c1-8(2)12(18)20-9(3)21-13-15(19)14-6-4-10(5-7-14)11(16)17/h8-10H,4-7H2,1-3H3,(H,16,17). The van der Waals surface area contributed by atoms with Crippen LogP contribution in [0.25, 0.3) is 0 Å². The lowest BCUT2D eigenvalue weighted by Gasteiger charge is -2.25. The SMILES string of the molecule is CC(ON=[N+]([O-])N1CCC(C(=O)O)CC1)OC(=O)C(C)C. The zero-order valence-corrected chi connectivity index (χ0v) is 12.4. The maximum atomic E-state index is 11.7. The number of aliphatic carboxylic acids is 1. The van der Waals surface area contributed by atoms with Gasteiger partial charge in [0.25, 0.3) is 6.29 Å². The molecule has 9 nitrogen and oxygen atoms in total. The van der Waals surface area contributed by atoms with Crippen molar-refractivity contribution in [2.45, 2.75) is 39.9 Å². The number of piperidine rings is 1. The molecule has 9 heteroatoms. The van der Waals surface area contributed by atoms with Gasteiger partial charge in [-0.1, -0.05) is 13.8 Å². The quantitative estimate of drug-likeness (QED) is 0.257. The van der Waals surface area contributed by atoms with E-state index >= 15 is 0 Å². The van der Waals surface area contributed by atoms with Crippen LogP contribution < -0.4 is 0 Å². The van der Waals surface area contributed by atoms with Gasteiger partial charge in [0.05, 0.1) is 29.9 Å². The summed E-state index contributed by atoms with van der Waals surface area (Å²) in [5, 5.41) is 25.2. The first-order valence-electron chi connectivity index (χ1n) is 6.83. The molecule has 21 heavy (non-hydrogen) atoms. The minimum absolute atomic E-state index is 0.262. The Hall–Kier alpha value is -2.06. The van der Waals surface area contributed by atoms with Crippen LogP contribution in [-0.4, -0.2) is 46.4 Å². The van der Waals surface area contributed by atoms with Crippen LogP contribution in [0.3, 0.4) is 0 Å². The van der Waals surface area contributed by atoms with E-state index in [1.807, 2.05) is 0 Å². The molecule has 0 aromatic carbocycles. The number of ether oxygens (including phenoxy) is 1. The Bertz CT molecular complexity index is 404. The van der Waals surface area contributed by atoms with Gasteiger partial charge in [0.15, 0.2) is 0 Å². The van der Waals surface area contributed by atoms with Crippen LogP contribution >= 0.6 is 0 Å². The van der Waals surface area contributed by atoms with Gasteiger partial charge >= 0.3 is 11.9 Å². The molecule has 0 aliphatic carbocycles. The van der Waals surface area contributed by atoms with Crippen molar-refractivity contribution in [1.82, 2.24) is 5.01 Å². The van der Waals surface area contributed by atoms with Gasteiger partial charge in [-0.3, -0.25) is 14.4 Å². The topological polar surface area (TPSA) is 114 Å². The summed E-state index contributed by atoms with van der Waals surface area (Å²) in [7, 11) is 0. The number of nitrogens with zero attached hydrogens (tertiary/aromatic N) is 3. The van der Waals surface area contributed by atoms with E-state index in [0.29, 0.717) is 12.8 Å². The van der Waals surface area contributed by atoms with Gasteiger partial charge in [-0.25, -0.2) is 0 Å². The number of hydrogen-bond donors (Lipinski definition) is 1. The molecule has 0 saturated carbocycles. The predicted octanol–water partition coefficient (Wildman–Crippen LogP) is 1.14. The van der Waals surface area contributed by atoms with E-state index in [1.54, 1.807) is 13.8 Å². The molecule has 1 fully saturated rings. The zero-order chi connectivity index (χ0) is 16.0. The normalized spacial score (nSPS) is 18.5. The molecule has 1 atom stereocenters. The maximum absolute atomic E-state index is 11.7. The third-order valence-electron chi connectivity index (χ3n) is 3.08. The van der Waals surface area contributed by atoms with Crippen LogP contribution in [0, 0.1) is 17.0 Å². The molecule has 0 aromatic heterocycles. The second-order valence-corrected chi connectivity index (χ2v) is 5.17. The van der Waals surface area contributed by atoms with Crippen molar-refractivity contribution in [3.63, 3.8) is 0 Å². The molecule has 1 aliphatic heterocycles. The fraction of sp³-hybridized carbons (Fsp3) is 0.833. The number of esters is 1. The van der Waals surface area contributed by atoms with Crippen LogP contribution in [0.15, 0.2) is 5.28 Å². The summed E-state index contributed by atoms with van der Waals surface area (Å²) in [4.78, 5) is 27.1. The van der Waals surface area contributed by atoms with Gasteiger partial charge in [-0.05, 0) is 12.8 Å². The molecule has 1 unspecified atom stereocenters. The van der Waals surface area contributed by atoms with Gasteiger partial charge in [0.1, 0.15) is 0 Å². The monoisotopic (exact) mass is 303 g/mol. The van der Waals surface area contributed by atoms with E-state index in [4.69, 9.17) is 14.7 Å². The second-order valence-electron chi connectivity index (χ2n) is 5.17. The Morgan fingerprint density at radius 1 is 1.33 bits per heavy atom. The molecular weight excluding hydrogens is 282 g/mol. The Labute approximate surface area is 122 Å². The summed E-state index contributed by atoms with van der Waals surface area (Å²) in [6.45, 7) is 5.38. The molecule has 1 N–H and O–H groups in total. The first-order valence-corrected chi connectivity index (χ1v) is 6.83. The number of hydrazine groups is 1. The molecule has 1 saturated heterocycles. The van der Waals surface area contributed by atoms with E-state index in [1.165, 1.54) is 11.9 Å². The van der Waals surface area contributed by atoms with Crippen molar-refractivity contribution in [3.05, 3.63) is 5.21 Å². The summed E-state index contributed by atoms with van der Waals surface area (Å²) >= 11 is 0. The van der Waals surface area contributed by atoms with E-state index in [-0.39, 0.29) is 24.0 Å². The van der Waals surface area contributed by atoms with Gasteiger partial charge < -0.3 is 15.1 Å². The van der Waals surface area contributed by atoms with Crippen molar-refractivity contribution in [2.75, 3.05) is 13.1 Å². The summed E-state index contributed by atoms with van der Waals surface area (Å²) in [6, 6.07) is 0. The molecule has 120 valence electrons. The molecule has 1 heterocycles. The average molecular weight is 303 g/mol. The van der Waals surface area contributed by atoms with Gasteiger partial charge in [-0.15, -0.1) is 5.01 Å². The number of carbonyl (C=O) groups is 2. The molecule has 1 aliphatic rings. The van der Waals surface area contributed by atoms with Crippen LogP contribution in [0.4, 0.5) is 0 Å². The summed E-state index contributed by atoms with van der Waals surface area (Å²) in [6.07, 6.45) is -0.212. The number of carboxylic acid groups (broad SMARTS) is 1. The average Bonchev–Trinajstić information content (AvgIpc) is 2.44. The highest BCUT2D eigenvalue weighted by Gasteiger charge is 2.28. The smallest absolute Gasteiger partial charge is 0.311 e. The lowest BCUT2D eigenvalue weighted by molar-refractivity contribution is -0.715. The lowest BCUT2D eigenvalue weighted by atomic mass is 9.98. The van der Waals surface area contributed by atoms with E-state index in [9.17, 15) is 14.8 Å². The molecular formula is C12H21N3O6. The summed E-state index contributed by atoms with van der Waals surface area (Å²) in [5.41, 5.74) is 0. The van der Waals surface area contributed by atoms with Crippen LogP contribution in [0.5, 0.6) is 0 Å². The van der Waals surface area contributed by atoms with Gasteiger partial charge in [0.2, 0.25) is 5.28 Å². The Kier molecular flexibility index (Phi) is 6.19. The van der Waals surface area contributed by atoms with Crippen molar-refractivity contribution >= 4 is 11.9 Å². The highest BCUT2D eigenvalue weighted by molar-refractivity contribution is 5.71. The second kappa shape index (κ2) is 7.65. The van der Waals surface area contributed by atoms with Crippen LogP contribution in [0.1, 0.15) is 33.6 Å². The minimum atomic E-state index is -0.965. The van der Waals surface area contributed by atoms with Crippen molar-refractivity contribution in [3.8, 4) is 0 Å². The highest BCUT2D eigenvalue weighted by Crippen LogP contribution is 2.17. The number of hydrogen-bond acceptors (Lipinski definition) is 6. The largest absolute Gasteiger partial charge is 0.569 e. The van der Waals surface area contributed by atoms with Gasteiger partial charge in [0, 0.05) is 6.92 Å². The van der Waals surface area contributed by atoms with E-state index in [0.717, 1.165) is 0 Å². The Morgan fingerprint density at radius 3 is 2.38 bits per heavy atom. The predicted molar refractivity (Wildman–Crippen MR) is 69.5 cm³/mol. The molecule has 0 radical (unpaired) electrons. The van der Waals surface area contributed by atoms with E-state index < -0.39 is 24.1 Å². The Balaban J connectivity index is 2.40. The molecule has 1 rings (SSSR count). The fourth-order valence-corrected chi connectivity index (χ4v) is 1.76. The highest BCUT2D eigenvalue weighted by atomic mass is 16.8. The summed E-state index contributed by atoms with van der Waals surface area (Å²) < 4.78 is 4.88. The van der Waals surface area contributed by atoms with Crippen molar-refractivity contribution in [1.29, 1.82) is 0 Å². The summed E-state index contributed by atoms with van der Waals surface area (Å²) in [5.74, 6) is -2.03. The first-order chi connectivity index (χ1) is 9.81. The van der Waals surface area contributed by atoms with Crippen molar-refractivity contribution in [2.24, 2.45) is 17.1 Å². The number of rotatable bonds is 6. The van der Waals surface area contributed by atoms with Crippen LogP contribution in [0.2, 0.25) is 0 Å². The third-order valence-corrected chi connectivity index (χ3v) is 3.08. The van der Waals surface area contributed by atoms with Crippen molar-refractivity contribution < 1.29 is 29.2 Å². The molecule has 0 amide bonds. The fourth-order valence-electron chi connectivity index (χ4n) is 1.76. The molecule has 0 spiro atoms. The zero-order valence-electron chi connectivity index (χ0n) is 12.4. The molecule has 0 aromatic rings. The first kappa shape index (κ1) is 17.0. The van der Waals surface area contributed by atoms with Gasteiger partial charge in [-0.2, -0.15) is 0 Å². The minimum Gasteiger partial charge on any atom is -0.569 e. The third kappa shape index (κ3) is 5.44. The number of carbonyl (C=O) groups excluding carboxylic acids is 1. The lowest BCUT2D eigenvalue weighted by Crippen LogP contribution is -2.40. The van der Waals surface area contributed by atoms with Crippen LogP contribution in [-0.2, 0) is 19.2 Å². The van der Waals surface area contributed by atoms with E-state index in [2.05, 4.69) is 5.28 Å². The maximum Gasteiger partial charge on any atom is 0.311 e. The number of carboxylic acids is 1. The Morgan fingerprint density at radius 2 is 1.90 bits per heavy atom.